The van der Waals surface area contributed by atoms with E-state index in [4.69, 9.17) is 10.8 Å². The average Bonchev–Trinajstić information content (AvgIpc) is 2.16. The molecule has 1 aromatic heterocycles. The van der Waals surface area contributed by atoms with Gasteiger partial charge in [0.25, 0.3) is 0 Å². The van der Waals surface area contributed by atoms with E-state index in [1.807, 2.05) is 25.1 Å². The fourth-order valence-corrected chi connectivity index (χ4v) is 1.53. The van der Waals surface area contributed by atoms with Gasteiger partial charge in [-0.2, -0.15) is 0 Å². The molecule has 0 amide bonds. The Balaban J connectivity index is 2.83. The van der Waals surface area contributed by atoms with Gasteiger partial charge in [0.05, 0.1) is 5.52 Å². The number of aromatic nitrogens is 1. The maximum atomic E-state index is 10.9. The average molecular weight is 202 g/mol. The first-order chi connectivity index (χ1) is 7.09. The Morgan fingerprint density at radius 3 is 2.87 bits per heavy atom. The summed E-state index contributed by atoms with van der Waals surface area (Å²) in [6.07, 6.45) is 0. The van der Waals surface area contributed by atoms with Gasteiger partial charge in [0.15, 0.2) is 0 Å². The molecule has 0 radical (unpaired) electrons. The molecule has 3 N–H and O–H groups in total. The van der Waals surface area contributed by atoms with Crippen LogP contribution in [0, 0.1) is 6.92 Å². The summed E-state index contributed by atoms with van der Waals surface area (Å²) in [5.74, 6) is -0.995. The molecule has 1 heterocycles. The second-order valence-corrected chi connectivity index (χ2v) is 3.37. The van der Waals surface area contributed by atoms with Crippen LogP contribution in [0.3, 0.4) is 0 Å². The topological polar surface area (TPSA) is 76.2 Å². The quantitative estimate of drug-likeness (QED) is 0.739. The highest BCUT2D eigenvalue weighted by atomic mass is 16.4. The number of rotatable bonds is 1. The highest BCUT2D eigenvalue weighted by Crippen LogP contribution is 2.21. The van der Waals surface area contributed by atoms with Crippen LogP contribution < -0.4 is 5.73 Å². The van der Waals surface area contributed by atoms with Gasteiger partial charge in [0.1, 0.15) is 11.4 Å². The van der Waals surface area contributed by atoms with Crippen molar-refractivity contribution in [2.75, 3.05) is 5.73 Å². The van der Waals surface area contributed by atoms with E-state index in [-0.39, 0.29) is 11.4 Å². The summed E-state index contributed by atoms with van der Waals surface area (Å²) in [6.45, 7) is 1.91. The maximum Gasteiger partial charge on any atom is 0.339 e. The number of anilines is 1. The summed E-state index contributed by atoms with van der Waals surface area (Å²) < 4.78 is 0. The zero-order chi connectivity index (χ0) is 11.0. The van der Waals surface area contributed by atoms with E-state index in [1.165, 1.54) is 0 Å². The van der Waals surface area contributed by atoms with Crippen LogP contribution >= 0.6 is 0 Å². The minimum atomic E-state index is -1.05. The van der Waals surface area contributed by atoms with Crippen LogP contribution in [0.5, 0.6) is 0 Å². The fourth-order valence-electron chi connectivity index (χ4n) is 1.53. The second-order valence-electron chi connectivity index (χ2n) is 3.37. The van der Waals surface area contributed by atoms with E-state index in [2.05, 4.69) is 4.98 Å². The summed E-state index contributed by atoms with van der Waals surface area (Å²) in [5.41, 5.74) is 7.31. The van der Waals surface area contributed by atoms with Crippen LogP contribution in [-0.4, -0.2) is 16.1 Å². The first-order valence-corrected chi connectivity index (χ1v) is 4.48. The van der Waals surface area contributed by atoms with Crippen LogP contribution in [0.25, 0.3) is 10.9 Å². The van der Waals surface area contributed by atoms with Gasteiger partial charge in [-0.25, -0.2) is 9.78 Å². The molecule has 0 aliphatic rings. The van der Waals surface area contributed by atoms with Crippen LogP contribution in [0.1, 0.15) is 15.9 Å². The molecule has 2 aromatic rings. The van der Waals surface area contributed by atoms with Crippen molar-refractivity contribution in [3.63, 3.8) is 0 Å². The molecule has 0 unspecified atom stereocenters. The number of fused-ring (bicyclic) bond motifs is 1. The predicted molar refractivity (Wildman–Crippen MR) is 57.9 cm³/mol. The number of benzene rings is 1. The normalized spacial score (nSPS) is 10.5. The van der Waals surface area contributed by atoms with Crippen LogP contribution in [-0.2, 0) is 0 Å². The van der Waals surface area contributed by atoms with Gasteiger partial charge < -0.3 is 10.8 Å². The molecule has 4 heteroatoms. The molecule has 15 heavy (non-hydrogen) atoms. The third-order valence-corrected chi connectivity index (χ3v) is 2.34. The van der Waals surface area contributed by atoms with Crippen molar-refractivity contribution in [2.24, 2.45) is 0 Å². The number of carboxylic acids is 1. The molecule has 0 atom stereocenters. The molecule has 0 aliphatic heterocycles. The minimum Gasteiger partial charge on any atom is -0.478 e. The Labute approximate surface area is 86.4 Å². The van der Waals surface area contributed by atoms with Crippen molar-refractivity contribution in [2.45, 2.75) is 6.92 Å². The highest BCUT2D eigenvalue weighted by Gasteiger charge is 2.11. The number of hydrogen-bond acceptors (Lipinski definition) is 3. The number of nitrogen functional groups attached to an aromatic ring is 1. The van der Waals surface area contributed by atoms with Crippen molar-refractivity contribution in [1.82, 2.24) is 4.98 Å². The Hall–Kier alpha value is -2.10. The Morgan fingerprint density at radius 2 is 2.20 bits per heavy atom. The molecule has 0 bridgehead atoms. The minimum absolute atomic E-state index is 0.0526. The van der Waals surface area contributed by atoms with Gasteiger partial charge in [-0.05, 0) is 24.6 Å². The number of hydrogen-bond donors (Lipinski definition) is 2. The Bertz CT molecular complexity index is 550. The molecular formula is C11H10N2O2. The largest absolute Gasteiger partial charge is 0.478 e. The standard InChI is InChI=1S/C11H10N2O2/c1-6-3-2-4-9-7(6)5-8(11(14)15)10(12)13-9/h2-5H,1H3,(H2,12,13)(H,14,15). The smallest absolute Gasteiger partial charge is 0.339 e. The third kappa shape index (κ3) is 1.50. The molecule has 1 aromatic carbocycles. The van der Waals surface area contributed by atoms with Gasteiger partial charge in [-0.15, -0.1) is 0 Å². The molecule has 0 fully saturated rings. The van der Waals surface area contributed by atoms with Crippen molar-refractivity contribution in [3.8, 4) is 0 Å². The summed E-state index contributed by atoms with van der Waals surface area (Å²) in [7, 11) is 0. The van der Waals surface area contributed by atoms with E-state index in [0.717, 1.165) is 16.5 Å². The van der Waals surface area contributed by atoms with Crippen molar-refractivity contribution >= 4 is 22.7 Å². The lowest BCUT2D eigenvalue weighted by molar-refractivity contribution is 0.0698. The first kappa shape index (κ1) is 9.45. The lowest BCUT2D eigenvalue weighted by atomic mass is 10.1. The number of carboxylic acid groups (broad SMARTS) is 1. The first-order valence-electron chi connectivity index (χ1n) is 4.48. The second kappa shape index (κ2) is 3.24. The lowest BCUT2D eigenvalue weighted by Gasteiger charge is -2.05. The van der Waals surface area contributed by atoms with Gasteiger partial charge >= 0.3 is 5.97 Å². The number of pyridine rings is 1. The SMILES string of the molecule is Cc1cccc2nc(N)c(C(=O)O)cc12. The van der Waals surface area contributed by atoms with Crippen molar-refractivity contribution in [3.05, 3.63) is 35.4 Å². The fraction of sp³-hybridized carbons (Fsp3) is 0.0909. The highest BCUT2D eigenvalue weighted by molar-refractivity contribution is 5.98. The van der Waals surface area contributed by atoms with Gasteiger partial charge in [0.2, 0.25) is 0 Å². The van der Waals surface area contributed by atoms with Crippen LogP contribution in [0.2, 0.25) is 0 Å². The number of nitrogens with two attached hydrogens (primary N) is 1. The monoisotopic (exact) mass is 202 g/mol. The Morgan fingerprint density at radius 1 is 1.47 bits per heavy atom. The summed E-state index contributed by atoms with van der Waals surface area (Å²) >= 11 is 0. The third-order valence-electron chi connectivity index (χ3n) is 2.34. The molecular weight excluding hydrogens is 192 g/mol. The van der Waals surface area contributed by atoms with Gasteiger partial charge in [-0.1, -0.05) is 12.1 Å². The molecule has 4 nitrogen and oxygen atoms in total. The van der Waals surface area contributed by atoms with E-state index in [1.54, 1.807) is 6.07 Å². The van der Waals surface area contributed by atoms with E-state index in [9.17, 15) is 4.79 Å². The maximum absolute atomic E-state index is 10.9. The summed E-state index contributed by atoms with van der Waals surface area (Å²) in [5, 5.41) is 9.72. The molecule has 0 aliphatic carbocycles. The van der Waals surface area contributed by atoms with Crippen LogP contribution in [0.4, 0.5) is 5.82 Å². The van der Waals surface area contributed by atoms with Crippen molar-refractivity contribution < 1.29 is 9.90 Å². The number of aryl methyl sites for hydroxylation is 1. The summed E-state index contributed by atoms with van der Waals surface area (Å²) in [6, 6.07) is 7.15. The zero-order valence-electron chi connectivity index (χ0n) is 8.19. The van der Waals surface area contributed by atoms with Crippen molar-refractivity contribution in [1.29, 1.82) is 0 Å². The van der Waals surface area contributed by atoms with Gasteiger partial charge in [-0.3, -0.25) is 0 Å². The van der Waals surface area contributed by atoms with E-state index >= 15 is 0 Å². The van der Waals surface area contributed by atoms with E-state index in [0.29, 0.717) is 0 Å². The number of nitrogens with zero attached hydrogens (tertiary/aromatic N) is 1. The number of carbonyl (C=O) groups is 1. The molecule has 0 spiro atoms. The lowest BCUT2D eigenvalue weighted by Crippen LogP contribution is -2.04. The molecule has 2 rings (SSSR count). The molecule has 0 saturated carbocycles. The zero-order valence-corrected chi connectivity index (χ0v) is 8.19. The Kier molecular flexibility index (Phi) is 2.04. The number of aromatic carboxylic acids is 1. The molecule has 76 valence electrons. The van der Waals surface area contributed by atoms with Gasteiger partial charge in [0, 0.05) is 5.39 Å². The molecule has 0 saturated heterocycles. The predicted octanol–water partition coefficient (Wildman–Crippen LogP) is 1.82. The van der Waals surface area contributed by atoms with E-state index < -0.39 is 5.97 Å². The van der Waals surface area contributed by atoms with Crippen LogP contribution in [0.15, 0.2) is 24.3 Å². The summed E-state index contributed by atoms with van der Waals surface area (Å²) in [4.78, 5) is 14.9.